The zero-order valence-corrected chi connectivity index (χ0v) is 10.9. The Morgan fingerprint density at radius 1 is 1.44 bits per heavy atom. The molecule has 3 rings (SSSR count). The lowest BCUT2D eigenvalue weighted by Gasteiger charge is -2.52. The average Bonchev–Trinajstić information content (AvgIpc) is 2.28. The van der Waals surface area contributed by atoms with Gasteiger partial charge in [-0.3, -0.25) is 14.4 Å². The summed E-state index contributed by atoms with van der Waals surface area (Å²) in [5.74, 6) is -1.54. The van der Waals surface area contributed by atoms with Crippen LogP contribution < -0.4 is 0 Å². The van der Waals surface area contributed by atoms with Crippen molar-refractivity contribution in [2.45, 2.75) is 45.6 Å². The Balaban J connectivity index is 2.35. The average molecular weight is 254 g/mol. The lowest BCUT2D eigenvalue weighted by Crippen LogP contribution is -2.62. The van der Waals surface area contributed by atoms with Crippen molar-refractivity contribution >= 4 is 17.7 Å². The Labute approximate surface area is 106 Å². The summed E-state index contributed by atoms with van der Waals surface area (Å²) in [5.41, 5.74) is -2.01. The van der Waals surface area contributed by atoms with Crippen LogP contribution in [0.4, 0.5) is 0 Å². The molecule has 1 saturated carbocycles. The molecule has 100 valence electrons. The maximum atomic E-state index is 12.0. The van der Waals surface area contributed by atoms with E-state index in [1.807, 2.05) is 0 Å². The zero-order valence-electron chi connectivity index (χ0n) is 10.9. The van der Waals surface area contributed by atoms with E-state index in [2.05, 4.69) is 0 Å². The second-order valence-corrected chi connectivity index (χ2v) is 5.37. The molecule has 2 heterocycles. The van der Waals surface area contributed by atoms with Gasteiger partial charge in [0.25, 0.3) is 0 Å². The van der Waals surface area contributed by atoms with Crippen LogP contribution in [0.3, 0.4) is 0 Å². The minimum atomic E-state index is -1.26. The van der Waals surface area contributed by atoms with E-state index in [1.54, 1.807) is 13.8 Å². The largest absolute Gasteiger partial charge is 0.465 e. The van der Waals surface area contributed by atoms with Crippen molar-refractivity contribution in [1.29, 1.82) is 0 Å². The summed E-state index contributed by atoms with van der Waals surface area (Å²) in [6, 6.07) is 0. The van der Waals surface area contributed by atoms with Gasteiger partial charge in [-0.25, -0.2) is 0 Å². The van der Waals surface area contributed by atoms with Crippen LogP contribution in [0.1, 0.15) is 40.0 Å². The van der Waals surface area contributed by atoms with Gasteiger partial charge in [-0.05, 0) is 40.0 Å². The smallest absolute Gasteiger partial charge is 0.324 e. The first-order chi connectivity index (χ1) is 8.35. The van der Waals surface area contributed by atoms with Crippen LogP contribution in [0.2, 0.25) is 0 Å². The Morgan fingerprint density at radius 3 is 2.61 bits per heavy atom. The van der Waals surface area contributed by atoms with Crippen LogP contribution in [0.15, 0.2) is 0 Å². The molecule has 1 aliphatic carbocycles. The topological polar surface area (TPSA) is 69.7 Å². The molecule has 2 aliphatic heterocycles. The second kappa shape index (κ2) is 4.07. The third-order valence-corrected chi connectivity index (χ3v) is 4.21. The van der Waals surface area contributed by atoms with Gasteiger partial charge in [-0.1, -0.05) is 0 Å². The minimum Gasteiger partial charge on any atom is -0.465 e. The molecule has 3 unspecified atom stereocenters. The number of esters is 2. The van der Waals surface area contributed by atoms with E-state index < -0.39 is 28.9 Å². The number of fused-ring (bicyclic) bond motifs is 3. The molecule has 0 aromatic heterocycles. The van der Waals surface area contributed by atoms with Crippen molar-refractivity contribution in [1.82, 2.24) is 0 Å². The first-order valence-corrected chi connectivity index (χ1v) is 6.27. The van der Waals surface area contributed by atoms with Crippen LogP contribution in [-0.4, -0.2) is 29.9 Å². The predicted molar refractivity (Wildman–Crippen MR) is 61.6 cm³/mol. The summed E-state index contributed by atoms with van der Waals surface area (Å²) in [6.07, 6.45) is 1.16. The lowest BCUT2D eigenvalue weighted by atomic mass is 9.60. The highest BCUT2D eigenvalue weighted by atomic mass is 16.6. The molecule has 0 aromatic rings. The predicted octanol–water partition coefficient (Wildman–Crippen LogP) is 1.24. The van der Waals surface area contributed by atoms with Crippen LogP contribution >= 0.6 is 0 Å². The second-order valence-electron chi connectivity index (χ2n) is 5.37. The lowest BCUT2D eigenvalue weighted by molar-refractivity contribution is -0.219. The zero-order chi connectivity index (χ0) is 13.6. The van der Waals surface area contributed by atoms with E-state index in [0.717, 1.165) is 0 Å². The van der Waals surface area contributed by atoms with Crippen LogP contribution in [-0.2, 0) is 23.9 Å². The van der Waals surface area contributed by atoms with Crippen molar-refractivity contribution < 1.29 is 23.9 Å². The highest BCUT2D eigenvalue weighted by Crippen LogP contribution is 2.53. The minimum absolute atomic E-state index is 0.0432. The summed E-state index contributed by atoms with van der Waals surface area (Å²) in [7, 11) is 0. The first kappa shape index (κ1) is 13.1. The first-order valence-electron chi connectivity index (χ1n) is 6.27. The number of ketones is 1. The molecule has 0 aromatic carbocycles. The fraction of sp³-hybridized carbons (Fsp3) is 0.769. The van der Waals surface area contributed by atoms with Crippen LogP contribution in [0, 0.1) is 11.3 Å². The standard InChI is InChI=1S/C13H18O5/c1-4-17-10(15)13-6-5-12(3,18-11(13)16)9(7-13)8(2)14/h9H,4-7H2,1-3H3. The number of hydrogen-bond donors (Lipinski definition) is 0. The van der Waals surface area contributed by atoms with Crippen molar-refractivity contribution in [3.63, 3.8) is 0 Å². The summed E-state index contributed by atoms with van der Waals surface area (Å²) in [5, 5.41) is 0. The monoisotopic (exact) mass is 254 g/mol. The van der Waals surface area contributed by atoms with Gasteiger partial charge in [-0.15, -0.1) is 0 Å². The third-order valence-electron chi connectivity index (χ3n) is 4.21. The van der Waals surface area contributed by atoms with Crippen molar-refractivity contribution in [2.75, 3.05) is 6.61 Å². The molecule has 2 bridgehead atoms. The number of carbonyl (C=O) groups is 3. The Bertz CT molecular complexity index is 406. The van der Waals surface area contributed by atoms with Gasteiger partial charge >= 0.3 is 11.9 Å². The Morgan fingerprint density at radius 2 is 2.11 bits per heavy atom. The van der Waals surface area contributed by atoms with E-state index in [-0.39, 0.29) is 18.8 Å². The fourth-order valence-corrected chi connectivity index (χ4v) is 3.03. The maximum Gasteiger partial charge on any atom is 0.324 e. The van der Waals surface area contributed by atoms with Crippen molar-refractivity contribution in [3.8, 4) is 0 Å². The van der Waals surface area contributed by atoms with Crippen LogP contribution in [0.5, 0.6) is 0 Å². The quantitative estimate of drug-likeness (QED) is 0.560. The number of carbonyl (C=O) groups excluding carboxylic acids is 3. The van der Waals surface area contributed by atoms with E-state index in [0.29, 0.717) is 12.8 Å². The van der Waals surface area contributed by atoms with Gasteiger partial charge in [0.15, 0.2) is 5.41 Å². The fourth-order valence-electron chi connectivity index (χ4n) is 3.03. The summed E-state index contributed by atoms with van der Waals surface area (Å²) in [6.45, 7) is 5.16. The van der Waals surface area contributed by atoms with E-state index >= 15 is 0 Å². The third kappa shape index (κ3) is 1.64. The van der Waals surface area contributed by atoms with Gasteiger partial charge in [0.1, 0.15) is 11.4 Å². The van der Waals surface area contributed by atoms with E-state index in [4.69, 9.17) is 9.47 Å². The number of Topliss-reactive ketones (excluding diaryl/α,β-unsaturated/α-hetero) is 1. The number of ether oxygens (including phenoxy) is 2. The molecular weight excluding hydrogens is 236 g/mol. The van der Waals surface area contributed by atoms with Crippen molar-refractivity contribution in [2.24, 2.45) is 11.3 Å². The molecule has 0 N–H and O–H groups in total. The molecule has 2 saturated heterocycles. The molecule has 5 heteroatoms. The highest BCUT2D eigenvalue weighted by molar-refractivity contribution is 6.02. The summed E-state index contributed by atoms with van der Waals surface area (Å²) < 4.78 is 10.3. The SMILES string of the molecule is CCOC(=O)C12CCC(C)(OC1=O)C(C(C)=O)C2. The molecule has 3 atom stereocenters. The van der Waals surface area contributed by atoms with Gasteiger partial charge in [0.05, 0.1) is 12.5 Å². The van der Waals surface area contributed by atoms with Gasteiger partial charge in [0, 0.05) is 0 Å². The molecule has 0 amide bonds. The molecule has 0 radical (unpaired) electrons. The Kier molecular flexibility index (Phi) is 2.95. The summed E-state index contributed by atoms with van der Waals surface area (Å²) in [4.78, 5) is 35.7. The highest BCUT2D eigenvalue weighted by Gasteiger charge is 2.64. The van der Waals surface area contributed by atoms with Gasteiger partial charge < -0.3 is 9.47 Å². The van der Waals surface area contributed by atoms with Crippen LogP contribution in [0.25, 0.3) is 0 Å². The molecule has 3 fully saturated rings. The van der Waals surface area contributed by atoms with Crippen molar-refractivity contribution in [3.05, 3.63) is 0 Å². The van der Waals surface area contributed by atoms with Gasteiger partial charge in [0.2, 0.25) is 0 Å². The van der Waals surface area contributed by atoms with E-state index in [9.17, 15) is 14.4 Å². The van der Waals surface area contributed by atoms with Gasteiger partial charge in [-0.2, -0.15) is 0 Å². The number of hydrogen-bond acceptors (Lipinski definition) is 5. The molecule has 18 heavy (non-hydrogen) atoms. The summed E-state index contributed by atoms with van der Waals surface area (Å²) >= 11 is 0. The molecular formula is C13H18O5. The normalized spacial score (nSPS) is 38.2. The number of rotatable bonds is 3. The maximum absolute atomic E-state index is 12.0. The Hall–Kier alpha value is -1.39. The molecule has 0 spiro atoms. The molecule has 5 nitrogen and oxygen atoms in total. The van der Waals surface area contributed by atoms with E-state index in [1.165, 1.54) is 6.92 Å². The molecule has 3 aliphatic rings.